The summed E-state index contributed by atoms with van der Waals surface area (Å²) in [5, 5.41) is 8.80. The Kier molecular flexibility index (Phi) is 4.65. The number of alkyl halides is 3. The molecule has 1 aromatic carbocycles. The average Bonchev–Trinajstić information content (AvgIpc) is 2.29. The molecule has 0 heterocycles. The van der Waals surface area contributed by atoms with Crippen molar-refractivity contribution in [3.05, 3.63) is 27.7 Å². The van der Waals surface area contributed by atoms with E-state index in [4.69, 9.17) is 5.26 Å². The average molecular weight is 340 g/mol. The zero-order chi connectivity index (χ0) is 13.9. The van der Waals surface area contributed by atoms with Crippen molar-refractivity contribution >= 4 is 33.7 Å². The van der Waals surface area contributed by atoms with Gasteiger partial charge in [-0.15, -0.1) is 0 Å². The molecule has 8 heteroatoms. The van der Waals surface area contributed by atoms with Crippen LogP contribution in [0.1, 0.15) is 15.9 Å². The molecule has 96 valence electrons. The second-order valence-corrected chi connectivity index (χ2v) is 4.89. The summed E-state index contributed by atoms with van der Waals surface area (Å²) in [5.74, 6) is -0.803. The summed E-state index contributed by atoms with van der Waals surface area (Å²) in [4.78, 5) is 11.0. The molecule has 0 bridgehead atoms. The van der Waals surface area contributed by atoms with Crippen molar-refractivity contribution in [3.63, 3.8) is 0 Å². The number of carbonyl (C=O) groups is 1. The standard InChI is InChI=1S/C10H5BrF3NO2S/c1-17-9(16)5-2-6(4-15)8(11)7(3-5)18-10(12,13)14/h2-3H,1H3. The van der Waals surface area contributed by atoms with Crippen LogP contribution >= 0.6 is 27.7 Å². The fourth-order valence-electron chi connectivity index (χ4n) is 1.11. The summed E-state index contributed by atoms with van der Waals surface area (Å²) < 4.78 is 41.4. The molecule has 0 aliphatic rings. The molecule has 0 saturated heterocycles. The van der Waals surface area contributed by atoms with Crippen molar-refractivity contribution in [2.45, 2.75) is 10.4 Å². The van der Waals surface area contributed by atoms with Gasteiger partial charge in [-0.3, -0.25) is 0 Å². The molecule has 0 aliphatic heterocycles. The first-order valence-electron chi connectivity index (χ1n) is 4.36. The molecular weight excluding hydrogens is 335 g/mol. The molecule has 1 rings (SSSR count). The number of carbonyl (C=O) groups excluding carboxylic acids is 1. The van der Waals surface area contributed by atoms with E-state index in [9.17, 15) is 18.0 Å². The first-order chi connectivity index (χ1) is 8.28. The first kappa shape index (κ1) is 14.9. The minimum atomic E-state index is -4.51. The van der Waals surface area contributed by atoms with Gasteiger partial charge in [-0.1, -0.05) is 0 Å². The van der Waals surface area contributed by atoms with Gasteiger partial charge in [0.2, 0.25) is 0 Å². The molecule has 0 N–H and O–H groups in total. The molecule has 0 unspecified atom stereocenters. The Balaban J connectivity index is 3.33. The highest BCUT2D eigenvalue weighted by molar-refractivity contribution is 9.10. The molecule has 0 spiro atoms. The molecule has 0 amide bonds. The lowest BCUT2D eigenvalue weighted by Crippen LogP contribution is -2.05. The molecule has 0 saturated carbocycles. The molecular formula is C10H5BrF3NO2S. The van der Waals surface area contributed by atoms with Crippen LogP contribution in [0.4, 0.5) is 13.2 Å². The van der Waals surface area contributed by atoms with Crippen molar-refractivity contribution in [1.82, 2.24) is 0 Å². The fourth-order valence-corrected chi connectivity index (χ4v) is 2.31. The summed E-state index contributed by atoms with van der Waals surface area (Å²) in [6.07, 6.45) is 0. The SMILES string of the molecule is COC(=O)c1cc(C#N)c(Br)c(SC(F)(F)F)c1. The van der Waals surface area contributed by atoms with Crippen LogP contribution in [0, 0.1) is 11.3 Å². The van der Waals surface area contributed by atoms with E-state index in [0.717, 1.165) is 19.2 Å². The zero-order valence-corrected chi connectivity index (χ0v) is 11.2. The number of benzene rings is 1. The van der Waals surface area contributed by atoms with Crippen LogP contribution < -0.4 is 0 Å². The Morgan fingerprint density at radius 2 is 2.11 bits per heavy atom. The Morgan fingerprint density at radius 1 is 1.50 bits per heavy atom. The third-order valence-electron chi connectivity index (χ3n) is 1.81. The van der Waals surface area contributed by atoms with Gasteiger partial charge in [0.1, 0.15) is 6.07 Å². The minimum Gasteiger partial charge on any atom is -0.465 e. The van der Waals surface area contributed by atoms with Crippen molar-refractivity contribution in [1.29, 1.82) is 5.26 Å². The Bertz CT molecular complexity index is 525. The van der Waals surface area contributed by atoms with E-state index < -0.39 is 23.2 Å². The van der Waals surface area contributed by atoms with E-state index in [1.54, 1.807) is 6.07 Å². The topological polar surface area (TPSA) is 50.1 Å². The van der Waals surface area contributed by atoms with Gasteiger partial charge in [0.25, 0.3) is 0 Å². The van der Waals surface area contributed by atoms with Gasteiger partial charge in [0, 0.05) is 9.37 Å². The van der Waals surface area contributed by atoms with Gasteiger partial charge in [-0.2, -0.15) is 18.4 Å². The lowest BCUT2D eigenvalue weighted by molar-refractivity contribution is -0.0328. The van der Waals surface area contributed by atoms with Crippen LogP contribution in [0.15, 0.2) is 21.5 Å². The van der Waals surface area contributed by atoms with Gasteiger partial charge in [0.05, 0.1) is 18.2 Å². The van der Waals surface area contributed by atoms with Crippen LogP contribution in [0.3, 0.4) is 0 Å². The number of rotatable bonds is 2. The number of hydrogen-bond donors (Lipinski definition) is 0. The minimum absolute atomic E-state index is 0.0000203. The van der Waals surface area contributed by atoms with Crippen LogP contribution in [0.25, 0.3) is 0 Å². The monoisotopic (exact) mass is 339 g/mol. The quantitative estimate of drug-likeness (QED) is 0.608. The number of ether oxygens (including phenoxy) is 1. The molecule has 0 aliphatic carbocycles. The summed E-state index contributed by atoms with van der Waals surface area (Å²) >= 11 is 2.50. The first-order valence-corrected chi connectivity index (χ1v) is 5.97. The number of methoxy groups -OCH3 is 1. The second-order valence-electron chi connectivity index (χ2n) is 2.99. The summed E-state index contributed by atoms with van der Waals surface area (Å²) in [6, 6.07) is 3.89. The molecule has 0 radical (unpaired) electrons. The van der Waals surface area contributed by atoms with Gasteiger partial charge in [0.15, 0.2) is 0 Å². The van der Waals surface area contributed by atoms with Gasteiger partial charge < -0.3 is 4.74 Å². The Labute approximate surface area is 113 Å². The van der Waals surface area contributed by atoms with E-state index >= 15 is 0 Å². The lowest BCUT2D eigenvalue weighted by Gasteiger charge is -2.10. The maximum Gasteiger partial charge on any atom is 0.446 e. The van der Waals surface area contributed by atoms with E-state index in [-0.39, 0.29) is 20.5 Å². The highest BCUT2D eigenvalue weighted by Crippen LogP contribution is 2.41. The van der Waals surface area contributed by atoms with E-state index in [1.165, 1.54) is 0 Å². The van der Waals surface area contributed by atoms with E-state index in [1.807, 2.05) is 0 Å². The van der Waals surface area contributed by atoms with E-state index in [0.29, 0.717) is 0 Å². The van der Waals surface area contributed by atoms with Gasteiger partial charge in [-0.25, -0.2) is 4.79 Å². The number of hydrogen-bond acceptors (Lipinski definition) is 4. The van der Waals surface area contributed by atoms with Crippen molar-refractivity contribution in [3.8, 4) is 6.07 Å². The summed E-state index contributed by atoms with van der Waals surface area (Å²) in [5.41, 5.74) is -4.68. The van der Waals surface area contributed by atoms with Gasteiger partial charge >= 0.3 is 11.5 Å². The largest absolute Gasteiger partial charge is 0.465 e. The number of thioether (sulfide) groups is 1. The predicted octanol–water partition coefficient (Wildman–Crippen LogP) is 3.72. The predicted molar refractivity (Wildman–Crippen MR) is 62.1 cm³/mol. The number of nitrogens with zero attached hydrogens (tertiary/aromatic N) is 1. The van der Waals surface area contributed by atoms with Crippen LogP contribution in [-0.2, 0) is 4.74 Å². The maximum atomic E-state index is 12.3. The summed E-state index contributed by atoms with van der Waals surface area (Å²) in [7, 11) is 1.10. The Hall–Kier alpha value is -1.20. The molecule has 3 nitrogen and oxygen atoms in total. The smallest absolute Gasteiger partial charge is 0.446 e. The number of nitriles is 1. The molecule has 0 fully saturated rings. The summed E-state index contributed by atoms with van der Waals surface area (Å²) in [6.45, 7) is 0. The third-order valence-corrected chi connectivity index (χ3v) is 3.70. The number of esters is 1. The Morgan fingerprint density at radius 3 is 2.56 bits per heavy atom. The van der Waals surface area contributed by atoms with Crippen molar-refractivity contribution in [2.75, 3.05) is 7.11 Å². The lowest BCUT2D eigenvalue weighted by atomic mass is 10.1. The fraction of sp³-hybridized carbons (Fsp3) is 0.200. The van der Waals surface area contributed by atoms with Crippen molar-refractivity contribution < 1.29 is 22.7 Å². The highest BCUT2D eigenvalue weighted by atomic mass is 79.9. The molecule has 0 aromatic heterocycles. The van der Waals surface area contributed by atoms with Crippen molar-refractivity contribution in [2.24, 2.45) is 0 Å². The molecule has 1 aromatic rings. The molecule has 18 heavy (non-hydrogen) atoms. The van der Waals surface area contributed by atoms with Crippen LogP contribution in [-0.4, -0.2) is 18.6 Å². The highest BCUT2D eigenvalue weighted by Gasteiger charge is 2.31. The van der Waals surface area contributed by atoms with E-state index in [2.05, 4.69) is 20.7 Å². The second kappa shape index (κ2) is 5.63. The maximum absolute atomic E-state index is 12.3. The van der Waals surface area contributed by atoms with Crippen LogP contribution in [0.2, 0.25) is 0 Å². The normalized spacial score (nSPS) is 10.9. The number of halogens is 4. The van der Waals surface area contributed by atoms with Gasteiger partial charge in [-0.05, 0) is 39.8 Å². The third kappa shape index (κ3) is 3.65. The zero-order valence-electron chi connectivity index (χ0n) is 8.84. The molecule has 0 atom stereocenters. The van der Waals surface area contributed by atoms with Crippen LogP contribution in [0.5, 0.6) is 0 Å².